The maximum atomic E-state index is 5.69. The maximum Gasteiger partial charge on any atom is 0.124 e. The molecule has 0 aromatic carbocycles. The number of thiocarbonyl (C=S) groups is 1. The van der Waals surface area contributed by atoms with E-state index in [-0.39, 0.29) is 0 Å². The molecule has 0 unspecified atom stereocenters. The summed E-state index contributed by atoms with van der Waals surface area (Å²) in [5.41, 5.74) is 7.73. The highest BCUT2D eigenvalue weighted by Gasteiger charge is 2.26. The van der Waals surface area contributed by atoms with Gasteiger partial charge in [-0.25, -0.2) is 0 Å². The minimum Gasteiger partial charge on any atom is -0.388 e. The summed E-state index contributed by atoms with van der Waals surface area (Å²) in [6.07, 6.45) is 8.37. The highest BCUT2D eigenvalue weighted by Crippen LogP contribution is 2.35. The van der Waals surface area contributed by atoms with Crippen LogP contribution in [0.4, 0.5) is 5.69 Å². The van der Waals surface area contributed by atoms with Crippen molar-refractivity contribution in [1.29, 1.82) is 0 Å². The van der Waals surface area contributed by atoms with Crippen LogP contribution in [-0.2, 0) is 0 Å². The van der Waals surface area contributed by atoms with Gasteiger partial charge in [0.05, 0.1) is 5.69 Å². The van der Waals surface area contributed by atoms with Crippen LogP contribution in [0.5, 0.6) is 0 Å². The molecule has 1 aromatic rings. The second-order valence-electron chi connectivity index (χ2n) is 5.49. The van der Waals surface area contributed by atoms with Gasteiger partial charge in [0.1, 0.15) is 10.7 Å². The zero-order chi connectivity index (χ0) is 13.0. The molecule has 1 aromatic heterocycles. The summed E-state index contributed by atoms with van der Waals surface area (Å²) in [6.45, 7) is 3.32. The molecule has 0 aliphatic heterocycles. The van der Waals surface area contributed by atoms with Gasteiger partial charge in [-0.3, -0.25) is 4.98 Å². The number of hydrogen-bond donors (Lipinski definition) is 2. The van der Waals surface area contributed by atoms with Crippen molar-refractivity contribution in [2.24, 2.45) is 11.1 Å². The Morgan fingerprint density at radius 2 is 2.17 bits per heavy atom. The van der Waals surface area contributed by atoms with Gasteiger partial charge >= 0.3 is 0 Å². The number of aromatic nitrogens is 1. The molecular weight excluding hydrogens is 242 g/mol. The second-order valence-corrected chi connectivity index (χ2v) is 5.93. The lowest BCUT2D eigenvalue weighted by Crippen LogP contribution is -2.29. The largest absolute Gasteiger partial charge is 0.388 e. The van der Waals surface area contributed by atoms with E-state index in [4.69, 9.17) is 18.0 Å². The predicted octanol–water partition coefficient (Wildman–Crippen LogP) is 3.10. The molecule has 1 fully saturated rings. The van der Waals surface area contributed by atoms with Gasteiger partial charge in [-0.2, -0.15) is 0 Å². The molecule has 2 rings (SSSR count). The molecule has 0 bridgehead atoms. The van der Waals surface area contributed by atoms with Gasteiger partial charge in [-0.05, 0) is 30.4 Å². The molecule has 18 heavy (non-hydrogen) atoms. The van der Waals surface area contributed by atoms with Gasteiger partial charge in [-0.15, -0.1) is 0 Å². The SMILES string of the molecule is CC1(CNc2cccnc2C(N)=S)CCCCC1. The number of nitrogens with one attached hydrogen (secondary N) is 1. The van der Waals surface area contributed by atoms with E-state index in [1.807, 2.05) is 12.1 Å². The van der Waals surface area contributed by atoms with Crippen LogP contribution >= 0.6 is 12.2 Å². The molecule has 0 atom stereocenters. The molecule has 98 valence electrons. The third kappa shape index (κ3) is 3.19. The lowest BCUT2D eigenvalue weighted by Gasteiger charge is -2.34. The third-order valence-corrected chi connectivity index (χ3v) is 4.00. The van der Waals surface area contributed by atoms with E-state index in [0.717, 1.165) is 12.2 Å². The number of pyridine rings is 1. The van der Waals surface area contributed by atoms with Crippen LogP contribution in [0.15, 0.2) is 18.3 Å². The molecule has 3 N–H and O–H groups in total. The summed E-state index contributed by atoms with van der Waals surface area (Å²) in [4.78, 5) is 4.59. The highest BCUT2D eigenvalue weighted by molar-refractivity contribution is 7.80. The number of rotatable bonds is 4. The third-order valence-electron chi connectivity index (χ3n) is 3.81. The van der Waals surface area contributed by atoms with E-state index in [1.54, 1.807) is 6.20 Å². The Labute approximate surface area is 114 Å². The topological polar surface area (TPSA) is 50.9 Å². The standard InChI is InChI=1S/C14H21N3S/c1-14(7-3-2-4-8-14)10-17-11-6-5-9-16-12(11)13(15)18/h5-6,9,17H,2-4,7-8,10H2,1H3,(H2,15,18). The van der Waals surface area contributed by atoms with E-state index >= 15 is 0 Å². The fraction of sp³-hybridized carbons (Fsp3) is 0.571. The fourth-order valence-corrected chi connectivity index (χ4v) is 2.80. The average molecular weight is 263 g/mol. The van der Waals surface area contributed by atoms with Crippen molar-refractivity contribution in [3.05, 3.63) is 24.0 Å². The Hall–Kier alpha value is -1.16. The first-order valence-electron chi connectivity index (χ1n) is 6.59. The molecule has 1 saturated carbocycles. The van der Waals surface area contributed by atoms with Crippen molar-refractivity contribution in [1.82, 2.24) is 4.98 Å². The van der Waals surface area contributed by atoms with E-state index < -0.39 is 0 Å². The quantitative estimate of drug-likeness (QED) is 0.820. The van der Waals surface area contributed by atoms with E-state index in [1.165, 1.54) is 32.1 Å². The zero-order valence-corrected chi connectivity index (χ0v) is 11.7. The Morgan fingerprint density at radius 3 is 2.83 bits per heavy atom. The first kappa shape index (κ1) is 13.3. The van der Waals surface area contributed by atoms with Crippen molar-refractivity contribution in [2.75, 3.05) is 11.9 Å². The summed E-state index contributed by atoms with van der Waals surface area (Å²) >= 11 is 5.02. The molecule has 0 saturated heterocycles. The van der Waals surface area contributed by atoms with Gasteiger partial charge in [0, 0.05) is 12.7 Å². The molecule has 0 amide bonds. The van der Waals surface area contributed by atoms with Crippen LogP contribution in [0.3, 0.4) is 0 Å². The van der Waals surface area contributed by atoms with Crippen molar-refractivity contribution < 1.29 is 0 Å². The number of hydrogen-bond acceptors (Lipinski definition) is 3. The smallest absolute Gasteiger partial charge is 0.124 e. The fourth-order valence-electron chi connectivity index (χ4n) is 2.64. The van der Waals surface area contributed by atoms with E-state index in [2.05, 4.69) is 17.2 Å². The Balaban J connectivity index is 2.03. The van der Waals surface area contributed by atoms with Crippen LogP contribution in [0.1, 0.15) is 44.7 Å². The highest BCUT2D eigenvalue weighted by atomic mass is 32.1. The number of nitrogens with zero attached hydrogens (tertiary/aromatic N) is 1. The van der Waals surface area contributed by atoms with Crippen LogP contribution < -0.4 is 11.1 Å². The molecular formula is C14H21N3S. The van der Waals surface area contributed by atoms with Gasteiger partial charge in [0.15, 0.2) is 0 Å². The van der Waals surface area contributed by atoms with Gasteiger partial charge in [-0.1, -0.05) is 38.4 Å². The van der Waals surface area contributed by atoms with Crippen LogP contribution in [-0.4, -0.2) is 16.5 Å². The Morgan fingerprint density at radius 1 is 1.44 bits per heavy atom. The van der Waals surface area contributed by atoms with E-state index in [0.29, 0.717) is 16.1 Å². The van der Waals surface area contributed by atoms with Crippen molar-refractivity contribution in [2.45, 2.75) is 39.0 Å². The zero-order valence-electron chi connectivity index (χ0n) is 10.9. The normalized spacial score (nSPS) is 18.3. The summed E-state index contributed by atoms with van der Waals surface area (Å²) in [7, 11) is 0. The lowest BCUT2D eigenvalue weighted by molar-refractivity contribution is 0.233. The van der Waals surface area contributed by atoms with Gasteiger partial charge < -0.3 is 11.1 Å². The van der Waals surface area contributed by atoms with E-state index in [9.17, 15) is 0 Å². The minimum atomic E-state index is 0.354. The predicted molar refractivity (Wildman–Crippen MR) is 79.8 cm³/mol. The van der Waals surface area contributed by atoms with Crippen molar-refractivity contribution >= 4 is 22.9 Å². The average Bonchev–Trinajstić information content (AvgIpc) is 2.38. The van der Waals surface area contributed by atoms with Crippen molar-refractivity contribution in [3.8, 4) is 0 Å². The molecule has 1 heterocycles. The maximum absolute atomic E-state index is 5.69. The second kappa shape index (κ2) is 5.65. The van der Waals surface area contributed by atoms with Gasteiger partial charge in [0.2, 0.25) is 0 Å². The first-order valence-corrected chi connectivity index (χ1v) is 7.00. The molecule has 0 spiro atoms. The summed E-state index contributed by atoms with van der Waals surface area (Å²) in [6, 6.07) is 3.90. The van der Waals surface area contributed by atoms with Gasteiger partial charge in [0.25, 0.3) is 0 Å². The molecule has 1 aliphatic rings. The monoisotopic (exact) mass is 263 g/mol. The lowest BCUT2D eigenvalue weighted by atomic mass is 9.76. The van der Waals surface area contributed by atoms with Crippen LogP contribution in [0.2, 0.25) is 0 Å². The van der Waals surface area contributed by atoms with Crippen molar-refractivity contribution in [3.63, 3.8) is 0 Å². The number of nitrogens with two attached hydrogens (primary N) is 1. The van der Waals surface area contributed by atoms with Crippen LogP contribution in [0.25, 0.3) is 0 Å². The Kier molecular flexibility index (Phi) is 4.17. The molecule has 1 aliphatic carbocycles. The molecule has 3 nitrogen and oxygen atoms in total. The molecule has 4 heteroatoms. The number of anilines is 1. The Bertz CT molecular complexity index is 425. The summed E-state index contributed by atoms with van der Waals surface area (Å²) in [5.74, 6) is 0. The molecule has 0 radical (unpaired) electrons. The summed E-state index contributed by atoms with van der Waals surface area (Å²) < 4.78 is 0. The minimum absolute atomic E-state index is 0.354. The summed E-state index contributed by atoms with van der Waals surface area (Å²) in [5, 5.41) is 3.47. The van der Waals surface area contributed by atoms with Crippen LogP contribution in [0, 0.1) is 5.41 Å². The first-order chi connectivity index (χ1) is 8.61.